The lowest BCUT2D eigenvalue weighted by Gasteiger charge is -2.33. The first-order valence-corrected chi connectivity index (χ1v) is 9.74. The van der Waals surface area contributed by atoms with E-state index in [1.807, 2.05) is 6.33 Å². The maximum Gasteiger partial charge on any atom is 0.193 e. The van der Waals surface area contributed by atoms with Crippen molar-refractivity contribution in [2.75, 3.05) is 39.4 Å². The number of nitrogens with zero attached hydrogens (tertiary/aromatic N) is 5. The summed E-state index contributed by atoms with van der Waals surface area (Å²) in [7, 11) is 0. The average Bonchev–Trinajstić information content (AvgIpc) is 3.30. The number of rotatable bonds is 6. The number of aliphatic imine (C=N–C) groups is 1. The maximum atomic E-state index is 5.48. The Labute approximate surface area is 174 Å². The van der Waals surface area contributed by atoms with Crippen LogP contribution in [-0.2, 0) is 17.7 Å². The summed E-state index contributed by atoms with van der Waals surface area (Å²) >= 11 is 0. The summed E-state index contributed by atoms with van der Waals surface area (Å²) in [6, 6.07) is 0. The van der Waals surface area contributed by atoms with Gasteiger partial charge in [0.15, 0.2) is 5.96 Å². The Kier molecular flexibility index (Phi) is 9.10. The average molecular weight is 476 g/mol. The van der Waals surface area contributed by atoms with Gasteiger partial charge in [-0.25, -0.2) is 0 Å². The second kappa shape index (κ2) is 11.1. The lowest BCUT2D eigenvalue weighted by Crippen LogP contribution is -2.46. The molecule has 2 saturated heterocycles. The van der Waals surface area contributed by atoms with Crippen molar-refractivity contribution in [1.82, 2.24) is 25.0 Å². The van der Waals surface area contributed by atoms with Gasteiger partial charge < -0.3 is 19.5 Å². The molecule has 2 fully saturated rings. The van der Waals surface area contributed by atoms with Crippen LogP contribution in [0.3, 0.4) is 0 Å². The lowest BCUT2D eigenvalue weighted by atomic mass is 9.99. The number of aryl methyl sites for hydroxylation is 1. The highest BCUT2D eigenvalue weighted by Crippen LogP contribution is 2.17. The lowest BCUT2D eigenvalue weighted by molar-refractivity contribution is 0.187. The molecule has 0 aliphatic carbocycles. The fourth-order valence-corrected chi connectivity index (χ4v) is 3.46. The molecule has 148 valence electrons. The van der Waals surface area contributed by atoms with Gasteiger partial charge in [-0.05, 0) is 25.2 Å². The van der Waals surface area contributed by atoms with Crippen molar-refractivity contribution in [3.63, 3.8) is 0 Å². The normalized spacial score (nSPS) is 21.7. The summed E-state index contributed by atoms with van der Waals surface area (Å²) < 4.78 is 7.60. The second-order valence-corrected chi connectivity index (χ2v) is 7.28. The first-order valence-electron chi connectivity index (χ1n) is 9.74. The topological polar surface area (TPSA) is 67.6 Å². The van der Waals surface area contributed by atoms with Crippen LogP contribution in [0.2, 0.25) is 0 Å². The summed E-state index contributed by atoms with van der Waals surface area (Å²) in [4.78, 5) is 7.35. The number of aromatic nitrogens is 3. The van der Waals surface area contributed by atoms with Gasteiger partial charge in [-0.2, -0.15) is 0 Å². The minimum atomic E-state index is 0. The SMILES string of the molecule is CCc1nncn1CCNC(=NCC1CCOC1)N1CCC(C)CC1.I. The Morgan fingerprint density at radius 1 is 1.35 bits per heavy atom. The van der Waals surface area contributed by atoms with E-state index < -0.39 is 0 Å². The quantitative estimate of drug-likeness (QED) is 0.388. The third-order valence-electron chi connectivity index (χ3n) is 5.25. The molecule has 0 spiro atoms. The van der Waals surface area contributed by atoms with E-state index in [0.717, 1.165) is 76.5 Å². The van der Waals surface area contributed by atoms with Crippen molar-refractivity contribution in [1.29, 1.82) is 0 Å². The summed E-state index contributed by atoms with van der Waals surface area (Å²) in [5, 5.41) is 11.7. The number of nitrogens with one attached hydrogen (secondary N) is 1. The van der Waals surface area contributed by atoms with Crippen LogP contribution in [0.1, 0.15) is 38.9 Å². The fourth-order valence-electron chi connectivity index (χ4n) is 3.46. The van der Waals surface area contributed by atoms with E-state index in [2.05, 4.69) is 38.8 Å². The number of likely N-dealkylation sites (tertiary alicyclic amines) is 1. The molecule has 1 N–H and O–H groups in total. The van der Waals surface area contributed by atoms with Crippen molar-refractivity contribution in [3.05, 3.63) is 12.2 Å². The minimum absolute atomic E-state index is 0. The summed E-state index contributed by atoms with van der Waals surface area (Å²) in [6.07, 6.45) is 6.36. The molecular formula is C18H33IN6O. The van der Waals surface area contributed by atoms with Crippen LogP contribution >= 0.6 is 24.0 Å². The highest BCUT2D eigenvalue weighted by Gasteiger charge is 2.20. The molecule has 1 aromatic heterocycles. The van der Waals surface area contributed by atoms with E-state index in [4.69, 9.17) is 9.73 Å². The number of guanidine groups is 1. The zero-order valence-electron chi connectivity index (χ0n) is 16.1. The van der Waals surface area contributed by atoms with Gasteiger partial charge in [-0.1, -0.05) is 13.8 Å². The van der Waals surface area contributed by atoms with Crippen molar-refractivity contribution < 1.29 is 4.74 Å². The molecule has 1 atom stereocenters. The predicted molar refractivity (Wildman–Crippen MR) is 114 cm³/mol. The molecule has 1 aromatic rings. The molecule has 0 amide bonds. The van der Waals surface area contributed by atoms with Crippen molar-refractivity contribution in [2.24, 2.45) is 16.8 Å². The van der Waals surface area contributed by atoms with E-state index in [1.165, 1.54) is 12.8 Å². The van der Waals surface area contributed by atoms with Gasteiger partial charge in [0, 0.05) is 51.7 Å². The summed E-state index contributed by atoms with van der Waals surface area (Å²) in [5.41, 5.74) is 0. The zero-order chi connectivity index (χ0) is 17.5. The molecule has 2 aliphatic heterocycles. The molecule has 8 heteroatoms. The molecule has 3 rings (SSSR count). The summed E-state index contributed by atoms with van der Waals surface area (Å²) in [5.74, 6) is 3.50. The Balaban J connectivity index is 0.00000243. The molecular weight excluding hydrogens is 443 g/mol. The van der Waals surface area contributed by atoms with E-state index >= 15 is 0 Å². The largest absolute Gasteiger partial charge is 0.381 e. The first-order chi connectivity index (χ1) is 12.3. The summed E-state index contributed by atoms with van der Waals surface area (Å²) in [6.45, 7) is 11.0. The van der Waals surface area contributed by atoms with Crippen LogP contribution in [0.15, 0.2) is 11.3 Å². The molecule has 0 saturated carbocycles. The maximum absolute atomic E-state index is 5.48. The van der Waals surface area contributed by atoms with Crippen LogP contribution in [-0.4, -0.2) is 65.0 Å². The van der Waals surface area contributed by atoms with Gasteiger partial charge in [-0.3, -0.25) is 4.99 Å². The predicted octanol–water partition coefficient (Wildman–Crippen LogP) is 2.17. The molecule has 0 aromatic carbocycles. The molecule has 7 nitrogen and oxygen atoms in total. The molecule has 2 aliphatic rings. The second-order valence-electron chi connectivity index (χ2n) is 7.28. The fraction of sp³-hybridized carbons (Fsp3) is 0.833. The Hall–Kier alpha value is -0.900. The van der Waals surface area contributed by atoms with E-state index in [-0.39, 0.29) is 24.0 Å². The number of piperidine rings is 1. The Morgan fingerprint density at radius 2 is 2.15 bits per heavy atom. The van der Waals surface area contributed by atoms with Crippen LogP contribution in [0.5, 0.6) is 0 Å². The number of halogens is 1. The van der Waals surface area contributed by atoms with Crippen LogP contribution < -0.4 is 5.32 Å². The molecule has 0 bridgehead atoms. The van der Waals surface area contributed by atoms with E-state index in [9.17, 15) is 0 Å². The number of ether oxygens (including phenoxy) is 1. The monoisotopic (exact) mass is 476 g/mol. The van der Waals surface area contributed by atoms with Gasteiger partial charge in [0.05, 0.1) is 6.61 Å². The van der Waals surface area contributed by atoms with Gasteiger partial charge >= 0.3 is 0 Å². The molecule has 1 unspecified atom stereocenters. The van der Waals surface area contributed by atoms with Gasteiger partial charge in [-0.15, -0.1) is 34.2 Å². The van der Waals surface area contributed by atoms with Crippen molar-refractivity contribution in [3.8, 4) is 0 Å². The first kappa shape index (κ1) is 21.4. The Bertz CT molecular complexity index is 550. The van der Waals surface area contributed by atoms with Gasteiger partial charge in [0.25, 0.3) is 0 Å². The molecule has 3 heterocycles. The Morgan fingerprint density at radius 3 is 2.85 bits per heavy atom. The third kappa shape index (κ3) is 6.07. The molecule has 26 heavy (non-hydrogen) atoms. The molecule has 0 radical (unpaired) electrons. The van der Waals surface area contributed by atoms with Gasteiger partial charge in [0.2, 0.25) is 0 Å². The standard InChI is InChI=1S/C18H32N6O.HI/c1-3-17-22-21-14-24(17)10-7-19-18(20-12-16-6-11-25-13-16)23-8-4-15(2)5-9-23;/h14-16H,3-13H2,1-2H3,(H,19,20);1H. The van der Waals surface area contributed by atoms with Crippen molar-refractivity contribution >= 4 is 29.9 Å². The minimum Gasteiger partial charge on any atom is -0.381 e. The number of hydrogen-bond acceptors (Lipinski definition) is 4. The number of hydrogen-bond donors (Lipinski definition) is 1. The van der Waals surface area contributed by atoms with Crippen LogP contribution in [0.4, 0.5) is 0 Å². The van der Waals surface area contributed by atoms with E-state index in [1.54, 1.807) is 0 Å². The smallest absolute Gasteiger partial charge is 0.193 e. The highest BCUT2D eigenvalue weighted by molar-refractivity contribution is 14.0. The van der Waals surface area contributed by atoms with Gasteiger partial charge in [0.1, 0.15) is 12.2 Å². The van der Waals surface area contributed by atoms with Crippen molar-refractivity contribution in [2.45, 2.75) is 46.1 Å². The van der Waals surface area contributed by atoms with E-state index in [0.29, 0.717) is 5.92 Å². The third-order valence-corrected chi connectivity index (χ3v) is 5.25. The van der Waals surface area contributed by atoms with Crippen LogP contribution in [0.25, 0.3) is 0 Å². The van der Waals surface area contributed by atoms with Crippen LogP contribution in [0, 0.1) is 11.8 Å². The highest BCUT2D eigenvalue weighted by atomic mass is 127. The zero-order valence-corrected chi connectivity index (χ0v) is 18.4.